The summed E-state index contributed by atoms with van der Waals surface area (Å²) in [6.45, 7) is 37.0. The standard InChI is InChI=1S/C76H88N6.2C9H12N2.C9H12.C8H12N4.C7H10N2.C6H8N2.C3H5Cl.Na.H/c1-6-60(58-81(4)74-39-45-78-46-40-74)50-68(62-27-15-8-16-28-62)52-71(65-33-21-11-22-34-65)55-76(82(5)75-41-47-79-48-42-75)56-72(66-35-23-12-24-36-66)54-70(64-31-19-10-20-32-64)53-69(63-29-17-9-18-30-63)51-67(61-25-13-7-14-26-61)49-59(2)57-80(3)73-37-43-77-44-38-73;2*1-3-8-11(2)9-4-6-10-7-5-9;1-8(2)9-6-4-3-5-7-9;1-7(2,6-9)11-12-8(3,4)10-5;1-9(2)7-3-5-8-6-4-7;1-7-6-2-4-8-5-3-6;1-2-3-4;;/h7-48,59-60,67-72,76H,6,49-58H2,1-5H3;2*3-7H,1,8H2,2H3;3-8H,1-2H3;1-4H3;3-6H,1-2H3;2-5H,1H3,(H,7,8);2H,1,3H2;;/q;;;;;;;;+1;-1. The van der Waals surface area contributed by atoms with Crippen LogP contribution in [0.1, 0.15) is 195 Å². The van der Waals surface area contributed by atoms with E-state index in [0.29, 0.717) is 53.2 Å². The maximum Gasteiger partial charge on any atom is 1.00 e. The minimum atomic E-state index is -0.853. The van der Waals surface area contributed by atoms with Crippen LogP contribution in [-0.4, -0.2) is 141 Å². The van der Waals surface area contributed by atoms with Crippen molar-refractivity contribution in [2.24, 2.45) is 22.1 Å². The second-order valence-corrected chi connectivity index (χ2v) is 38.7. The van der Waals surface area contributed by atoms with Crippen LogP contribution < -0.4 is 64.3 Å². The van der Waals surface area contributed by atoms with E-state index in [2.05, 4.69) is 391 Å². The number of azo groups is 1. The Labute approximate surface area is 911 Å². The molecule has 147 heavy (non-hydrogen) atoms. The molecule has 7 aromatic carbocycles. The minimum Gasteiger partial charge on any atom is -1.00 e. The topological polar surface area (TPSA) is 175 Å². The van der Waals surface area contributed by atoms with Crippen molar-refractivity contribution in [2.75, 3.05) is 123 Å². The summed E-state index contributed by atoms with van der Waals surface area (Å²) in [5, 5.41) is 19.1. The predicted octanol–water partition coefficient (Wildman–Crippen LogP) is 27.8. The van der Waals surface area contributed by atoms with E-state index in [9.17, 15) is 0 Å². The van der Waals surface area contributed by atoms with Gasteiger partial charge in [-0.05, 0) is 242 Å². The Morgan fingerprint density at radius 2 is 0.639 bits per heavy atom. The van der Waals surface area contributed by atoms with Gasteiger partial charge in [-0.1, -0.05) is 265 Å². The Morgan fingerprint density at radius 3 is 0.891 bits per heavy atom. The Kier molecular flexibility index (Phi) is 58.2. The maximum absolute atomic E-state index is 8.58. The zero-order valence-corrected chi connectivity index (χ0v) is 93.1. The van der Waals surface area contributed by atoms with E-state index in [0.717, 1.165) is 89.7 Å². The van der Waals surface area contributed by atoms with Gasteiger partial charge in [0.2, 0.25) is 0 Å². The molecule has 7 heterocycles. The molecule has 0 aliphatic heterocycles. The SMILES string of the molecule is C=CCCl.C=CCN(C)c1ccncc1.C=CCN(C)c1ccncc1.CC(C)c1ccccc1.CCC(CC(CC(CC(CC(CC(CC(CC(CC(C)CN(C)c1ccncc1)c1ccccc1)c1ccccc1)c1ccccc1)c1ccccc1)N(C)c1ccncc1)c1ccccc1)c1ccccc1)CN(C)c1ccncc1.CN(C)c1ccncc1.CNc1ccncc1.[C-]#[N+]C(C)(C)N=NC(C)(C)C#N.[H-].[Na+]. The molecule has 766 valence electrons. The van der Waals surface area contributed by atoms with E-state index >= 15 is 0 Å². The molecule has 0 saturated heterocycles. The number of nitriles is 1. The van der Waals surface area contributed by atoms with Gasteiger partial charge in [0.05, 0.1) is 6.07 Å². The van der Waals surface area contributed by atoms with Gasteiger partial charge in [0.1, 0.15) is 0 Å². The molecule has 0 fully saturated rings. The van der Waals surface area contributed by atoms with Gasteiger partial charge in [-0.2, -0.15) is 10.4 Å². The number of hydrogen-bond donors (Lipinski definition) is 1. The molecule has 0 spiro atoms. The summed E-state index contributed by atoms with van der Waals surface area (Å²) in [6.07, 6.45) is 40.7. The Bertz CT molecular complexity index is 5720. The van der Waals surface area contributed by atoms with E-state index in [1.807, 2.05) is 150 Å². The van der Waals surface area contributed by atoms with Crippen molar-refractivity contribution in [3.63, 3.8) is 0 Å². The minimum absolute atomic E-state index is 0. The molecule has 18 nitrogen and oxygen atoms in total. The summed E-state index contributed by atoms with van der Waals surface area (Å²) in [6, 6.07) is 110. The number of aromatic nitrogens is 7. The number of rotatable bonds is 43. The van der Waals surface area contributed by atoms with Crippen LogP contribution in [0.4, 0.5) is 39.8 Å². The molecule has 0 aliphatic rings. The van der Waals surface area contributed by atoms with Crippen LogP contribution in [0.15, 0.2) is 432 Å². The molecule has 20 heteroatoms. The summed E-state index contributed by atoms with van der Waals surface area (Å²) in [7, 11) is 16.8. The number of anilines is 7. The molecule has 1 N–H and O–H groups in total. The number of nitrogens with zero attached hydrogens (tertiary/aromatic N) is 17. The molecular formula is C127H160ClN18Na. The monoisotopic (exact) mass is 2000 g/mol. The van der Waals surface area contributed by atoms with Crippen LogP contribution in [0.3, 0.4) is 0 Å². The summed E-state index contributed by atoms with van der Waals surface area (Å²) in [4.78, 5) is 45.7. The van der Waals surface area contributed by atoms with Crippen molar-refractivity contribution in [2.45, 2.75) is 172 Å². The third-order valence-electron chi connectivity index (χ3n) is 25.7. The quantitative estimate of drug-likeness (QED) is 0.0126. The molecule has 14 rings (SSSR count). The third-order valence-corrected chi connectivity index (χ3v) is 25.9. The van der Waals surface area contributed by atoms with Gasteiger partial charge in [-0.3, -0.25) is 39.7 Å². The molecule has 0 bridgehead atoms. The van der Waals surface area contributed by atoms with Gasteiger partial charge in [0.25, 0.3) is 0 Å². The molecule has 0 amide bonds. The van der Waals surface area contributed by atoms with Gasteiger partial charge in [0.15, 0.2) is 5.54 Å². The maximum atomic E-state index is 8.58. The van der Waals surface area contributed by atoms with Crippen molar-refractivity contribution in [3.8, 4) is 6.07 Å². The Morgan fingerprint density at radius 1 is 0.374 bits per heavy atom. The Hall–Kier alpha value is -13.7. The van der Waals surface area contributed by atoms with Crippen molar-refractivity contribution in [3.05, 3.63) is 472 Å². The number of alkyl halides is 1. The zero-order valence-electron chi connectivity index (χ0n) is 91.4. The first-order valence-corrected chi connectivity index (χ1v) is 51.5. The molecular weight excluding hydrogens is 1840 g/mol. The van der Waals surface area contributed by atoms with Gasteiger partial charge in [-0.15, -0.1) is 36.5 Å². The van der Waals surface area contributed by atoms with Gasteiger partial charge in [0, 0.05) is 235 Å². The molecule has 0 saturated carbocycles. The first-order valence-electron chi connectivity index (χ1n) is 50.9. The fourth-order valence-electron chi connectivity index (χ4n) is 17.5. The summed E-state index contributed by atoms with van der Waals surface area (Å²) in [5.74, 6) is 4.18. The van der Waals surface area contributed by atoms with Crippen molar-refractivity contribution < 1.29 is 31.0 Å². The molecule has 14 aromatic rings. The molecule has 7 aromatic heterocycles. The third kappa shape index (κ3) is 47.1. The smallest absolute Gasteiger partial charge is 1.00 e. The van der Waals surface area contributed by atoms with Crippen LogP contribution in [0.2, 0.25) is 0 Å². The van der Waals surface area contributed by atoms with Crippen LogP contribution in [-0.2, 0) is 0 Å². The van der Waals surface area contributed by atoms with Gasteiger partial charge in [-0.25, -0.2) is 6.57 Å². The Balaban J connectivity index is 0.000000459. The van der Waals surface area contributed by atoms with Crippen molar-refractivity contribution in [1.29, 1.82) is 5.26 Å². The predicted molar refractivity (Wildman–Crippen MR) is 622 cm³/mol. The number of pyridine rings is 7. The first-order chi connectivity index (χ1) is 70.7. The molecule has 9 unspecified atom stereocenters. The van der Waals surface area contributed by atoms with Crippen molar-refractivity contribution in [1.82, 2.24) is 34.9 Å². The largest absolute Gasteiger partial charge is 1.00 e. The number of nitrogens with one attached hydrogen (secondary N) is 1. The van der Waals surface area contributed by atoms with Gasteiger partial charge >= 0.3 is 35.2 Å². The van der Waals surface area contributed by atoms with Crippen LogP contribution >= 0.6 is 11.6 Å². The molecule has 0 radical (unpaired) electrons. The number of allylic oxidation sites excluding steroid dienone is 1. The van der Waals surface area contributed by atoms with E-state index in [1.54, 1.807) is 83.3 Å². The summed E-state index contributed by atoms with van der Waals surface area (Å²) >= 11 is 5.07. The van der Waals surface area contributed by atoms with Crippen LogP contribution in [0.25, 0.3) is 4.85 Å². The van der Waals surface area contributed by atoms with Crippen LogP contribution in [0, 0.1) is 29.7 Å². The summed E-state index contributed by atoms with van der Waals surface area (Å²) in [5.41, 5.74) is 16.6. The normalized spacial score (nSPS) is 12.4. The van der Waals surface area contributed by atoms with E-state index in [-0.39, 0.29) is 42.9 Å². The number of benzene rings is 7. The van der Waals surface area contributed by atoms with Crippen molar-refractivity contribution >= 4 is 51.4 Å². The zero-order chi connectivity index (χ0) is 105. The average Bonchev–Trinajstić information content (AvgIpc) is 0.777. The van der Waals surface area contributed by atoms with Crippen LogP contribution in [0.5, 0.6) is 0 Å². The number of halogens is 1. The molecule has 9 atom stereocenters. The molecule has 0 aliphatic carbocycles. The number of likely N-dealkylation sites (N-methyl/N-ethyl adjacent to an activating group) is 2. The van der Waals surface area contributed by atoms with Gasteiger partial charge < -0.3 is 36.1 Å². The summed E-state index contributed by atoms with van der Waals surface area (Å²) < 4.78 is 0. The number of hydrogen-bond acceptors (Lipinski definition) is 17. The van der Waals surface area contributed by atoms with E-state index < -0.39 is 11.2 Å². The van der Waals surface area contributed by atoms with E-state index in [4.69, 9.17) is 23.4 Å². The van der Waals surface area contributed by atoms with E-state index in [1.165, 1.54) is 73.1 Å². The average molecular weight is 2000 g/mol. The fraction of sp³-hybridized carbons (Fsp3) is 0.331. The second kappa shape index (κ2) is 70.1. The fourth-order valence-corrected chi connectivity index (χ4v) is 17.5. The first kappa shape index (κ1) is 122. The second-order valence-electron chi connectivity index (χ2n) is 38.4.